The molecule has 3 rings (SSSR count). The molecule has 0 atom stereocenters. The molecule has 43 heavy (non-hydrogen) atoms. The number of sulfone groups is 2. The monoisotopic (exact) mass is 687 g/mol. The number of fused-ring (bicyclic) bond motifs is 1. The Bertz CT molecular complexity index is 1630. The molecule has 1 aliphatic rings. The van der Waals surface area contributed by atoms with Gasteiger partial charge in [-0.15, -0.1) is 0 Å². The summed E-state index contributed by atoms with van der Waals surface area (Å²) < 4.78 is 60.5. The topological polar surface area (TPSA) is 245 Å². The van der Waals surface area contributed by atoms with Crippen molar-refractivity contribution in [3.63, 3.8) is 0 Å². The number of Topliss-reactive ketones (excluding diaryl/α,β-unsaturated/α-hetero) is 1. The van der Waals surface area contributed by atoms with Gasteiger partial charge in [0.2, 0.25) is 0 Å². The SMILES string of the molecule is CC(=O)O.COC(=O)CS(=O)(=O)c1ccc(C(=O)OC)cc1[N+](=O)[O-].COC(=O)c1ccc2c(c1)CC(=O)CS2(=O)=O.[Fe]. The number of hydrogen-bond acceptors (Lipinski definition) is 14. The Morgan fingerprint density at radius 3 is 1.91 bits per heavy atom. The first kappa shape index (κ1) is 38.8. The Balaban J connectivity index is 0.000000724. The van der Waals surface area contributed by atoms with Gasteiger partial charge in [-0.05, 0) is 35.9 Å². The summed E-state index contributed by atoms with van der Waals surface area (Å²) in [6.07, 6.45) is 0.0411. The van der Waals surface area contributed by atoms with Gasteiger partial charge in [0.15, 0.2) is 31.2 Å². The molecular formula is C24H25FeNO15S2. The molecular weight excluding hydrogens is 662 g/mol. The summed E-state index contributed by atoms with van der Waals surface area (Å²) in [5.74, 6) is -5.15. The van der Waals surface area contributed by atoms with E-state index in [2.05, 4.69) is 14.2 Å². The molecule has 0 fully saturated rings. The predicted molar refractivity (Wildman–Crippen MR) is 140 cm³/mol. The zero-order chi connectivity index (χ0) is 32.4. The number of carboxylic acids is 1. The number of nitro groups is 1. The molecule has 0 saturated carbocycles. The molecule has 0 saturated heterocycles. The molecule has 0 aromatic heterocycles. The van der Waals surface area contributed by atoms with Crippen molar-refractivity contribution in [2.75, 3.05) is 32.8 Å². The number of nitrogens with zero attached hydrogens (tertiary/aromatic N) is 1. The maximum atomic E-state index is 12.0. The molecule has 1 N–H and O–H groups in total. The van der Waals surface area contributed by atoms with Gasteiger partial charge >= 0.3 is 17.9 Å². The normalized spacial score (nSPS) is 12.7. The molecule has 2 aromatic carbocycles. The van der Waals surface area contributed by atoms with Crippen LogP contribution in [0.1, 0.15) is 33.2 Å². The minimum absolute atomic E-state index is 0. The fourth-order valence-corrected chi connectivity index (χ4v) is 6.08. The van der Waals surface area contributed by atoms with Gasteiger partial charge in [0.25, 0.3) is 11.7 Å². The molecule has 19 heteroatoms. The number of esters is 3. The second-order valence-electron chi connectivity index (χ2n) is 8.07. The number of ketones is 1. The van der Waals surface area contributed by atoms with Crippen LogP contribution in [0.25, 0.3) is 0 Å². The molecule has 16 nitrogen and oxygen atoms in total. The Morgan fingerprint density at radius 1 is 0.953 bits per heavy atom. The zero-order valence-corrected chi connectivity index (χ0v) is 25.6. The van der Waals surface area contributed by atoms with E-state index in [1.54, 1.807) is 0 Å². The number of carbonyl (C=O) groups excluding carboxylic acids is 4. The number of nitro benzene ring substituents is 1. The number of hydrogen-bond donors (Lipinski definition) is 1. The van der Waals surface area contributed by atoms with Crippen LogP contribution < -0.4 is 0 Å². The van der Waals surface area contributed by atoms with E-state index in [0.717, 1.165) is 39.3 Å². The van der Waals surface area contributed by atoms with Crippen molar-refractivity contribution in [3.8, 4) is 0 Å². The van der Waals surface area contributed by atoms with E-state index in [1.165, 1.54) is 25.3 Å². The van der Waals surface area contributed by atoms with Crippen molar-refractivity contribution < 1.29 is 82.1 Å². The minimum Gasteiger partial charge on any atom is -0.481 e. The Labute approximate surface area is 255 Å². The maximum Gasteiger partial charge on any atom is 0.338 e. The van der Waals surface area contributed by atoms with Crippen molar-refractivity contribution in [2.24, 2.45) is 0 Å². The van der Waals surface area contributed by atoms with Gasteiger partial charge in [-0.3, -0.25) is 24.5 Å². The van der Waals surface area contributed by atoms with Crippen molar-refractivity contribution in [2.45, 2.75) is 23.1 Å². The van der Waals surface area contributed by atoms with Crippen LogP contribution in [0, 0.1) is 10.1 Å². The average molecular weight is 687 g/mol. The van der Waals surface area contributed by atoms with Gasteiger partial charge in [-0.2, -0.15) is 0 Å². The van der Waals surface area contributed by atoms with Crippen LogP contribution in [0.3, 0.4) is 0 Å². The first-order valence-corrected chi connectivity index (χ1v) is 14.5. The third-order valence-electron chi connectivity index (χ3n) is 5.00. The number of rotatable bonds is 6. The first-order valence-electron chi connectivity index (χ1n) is 11.2. The number of benzene rings is 2. The van der Waals surface area contributed by atoms with Gasteiger partial charge < -0.3 is 19.3 Å². The Kier molecular flexibility index (Phi) is 14.8. The van der Waals surface area contributed by atoms with Gasteiger partial charge in [-0.1, -0.05) is 0 Å². The quantitative estimate of drug-likeness (QED) is 0.145. The number of methoxy groups -OCH3 is 3. The second-order valence-corrected chi connectivity index (χ2v) is 12.0. The number of carbonyl (C=O) groups is 5. The molecule has 1 aliphatic heterocycles. The maximum absolute atomic E-state index is 12.0. The predicted octanol–water partition coefficient (Wildman–Crippen LogP) is 0.789. The van der Waals surface area contributed by atoms with Crippen LogP contribution in [0.4, 0.5) is 5.69 Å². The van der Waals surface area contributed by atoms with Crippen molar-refractivity contribution in [1.82, 2.24) is 0 Å². The summed E-state index contributed by atoms with van der Waals surface area (Å²) in [5.41, 5.74) is -0.386. The van der Waals surface area contributed by atoms with Crippen molar-refractivity contribution in [3.05, 3.63) is 63.2 Å². The van der Waals surface area contributed by atoms with E-state index >= 15 is 0 Å². The largest absolute Gasteiger partial charge is 0.481 e. The zero-order valence-electron chi connectivity index (χ0n) is 22.9. The minimum atomic E-state index is -4.26. The van der Waals surface area contributed by atoms with Crippen LogP contribution in [-0.4, -0.2) is 89.4 Å². The third kappa shape index (κ3) is 11.2. The summed E-state index contributed by atoms with van der Waals surface area (Å²) in [6.45, 7) is 1.08. The molecule has 0 spiro atoms. The number of carboxylic acid groups (broad SMARTS) is 1. The Hall–Kier alpha value is -4.19. The van der Waals surface area contributed by atoms with E-state index in [1.807, 2.05) is 0 Å². The second kappa shape index (κ2) is 16.4. The summed E-state index contributed by atoms with van der Waals surface area (Å²) >= 11 is 0. The fourth-order valence-electron chi connectivity index (χ4n) is 3.28. The third-order valence-corrected chi connectivity index (χ3v) is 8.40. The standard InChI is InChI=1S/C11H11NO8S.C11H10O5S.C2H4O2.Fe/c1-19-10(13)6-21(17,18)9-4-3-7(11(14)20-2)5-8(9)12(15)16;1-16-11(13)7-2-3-10-8(4-7)5-9(12)6-17(10,14)15;1-2(3)4;/h3-5H,6H2,1-2H3;2-4H,5-6H2,1H3;1H3,(H,3,4);. The van der Waals surface area contributed by atoms with Crippen LogP contribution in [0.2, 0.25) is 0 Å². The van der Waals surface area contributed by atoms with Gasteiger partial charge in [0, 0.05) is 36.5 Å². The molecule has 0 radical (unpaired) electrons. The van der Waals surface area contributed by atoms with Crippen LogP contribution >= 0.6 is 0 Å². The van der Waals surface area contributed by atoms with E-state index in [9.17, 15) is 46.1 Å². The van der Waals surface area contributed by atoms with Gasteiger partial charge in [0.1, 0.15) is 10.6 Å². The van der Waals surface area contributed by atoms with Crippen molar-refractivity contribution in [1.29, 1.82) is 0 Å². The molecule has 1 heterocycles. The summed E-state index contributed by atoms with van der Waals surface area (Å²) in [6, 6.07) is 6.85. The average Bonchev–Trinajstić information content (AvgIpc) is 2.90. The fraction of sp³-hybridized carbons (Fsp3) is 0.292. The summed E-state index contributed by atoms with van der Waals surface area (Å²) in [5, 5.41) is 18.4. The van der Waals surface area contributed by atoms with Crippen LogP contribution in [0.15, 0.2) is 46.2 Å². The Morgan fingerprint density at radius 2 is 1.44 bits per heavy atom. The molecule has 0 aliphatic carbocycles. The van der Waals surface area contributed by atoms with E-state index in [4.69, 9.17) is 9.90 Å². The van der Waals surface area contributed by atoms with E-state index in [0.29, 0.717) is 5.56 Å². The smallest absolute Gasteiger partial charge is 0.338 e. The summed E-state index contributed by atoms with van der Waals surface area (Å²) in [7, 11) is -4.50. The molecule has 0 amide bonds. The molecule has 0 bridgehead atoms. The summed E-state index contributed by atoms with van der Waals surface area (Å²) in [4.78, 5) is 63.4. The number of aliphatic carboxylic acids is 1. The first-order chi connectivity index (χ1) is 19.4. The van der Waals surface area contributed by atoms with Crippen LogP contribution in [0.5, 0.6) is 0 Å². The molecule has 2 aromatic rings. The van der Waals surface area contributed by atoms with E-state index < -0.39 is 70.6 Å². The van der Waals surface area contributed by atoms with Gasteiger partial charge in [0.05, 0.1) is 42.3 Å². The van der Waals surface area contributed by atoms with E-state index in [-0.39, 0.29) is 45.3 Å². The van der Waals surface area contributed by atoms with Crippen LogP contribution in [-0.2, 0) is 71.8 Å². The van der Waals surface area contributed by atoms with Crippen molar-refractivity contribution >= 4 is 55.0 Å². The van der Waals surface area contributed by atoms with Gasteiger partial charge in [-0.25, -0.2) is 26.4 Å². The number of ether oxygens (including phenoxy) is 3. The molecule has 236 valence electrons. The molecule has 0 unspecified atom stereocenters.